The van der Waals surface area contributed by atoms with Crippen molar-refractivity contribution in [3.8, 4) is 6.07 Å². The fourth-order valence-corrected chi connectivity index (χ4v) is 1.71. The first-order valence-electron chi connectivity index (χ1n) is 6.63. The second kappa shape index (κ2) is 7.85. The van der Waals surface area contributed by atoms with Gasteiger partial charge in [0.15, 0.2) is 0 Å². The average Bonchev–Trinajstić information content (AvgIpc) is 2.44. The molecule has 0 heterocycles. The van der Waals surface area contributed by atoms with Crippen LogP contribution in [0.3, 0.4) is 0 Å². The number of carbonyl (C=O) groups excluding carboxylic acids is 1. The lowest BCUT2D eigenvalue weighted by Crippen LogP contribution is -2.39. The van der Waals surface area contributed by atoms with E-state index in [9.17, 15) is 9.59 Å². The number of hydrogen-bond donors (Lipinski definition) is 2. The summed E-state index contributed by atoms with van der Waals surface area (Å²) < 4.78 is 0. The minimum absolute atomic E-state index is 0.0355. The van der Waals surface area contributed by atoms with Gasteiger partial charge in [0.25, 0.3) is 0 Å². The maximum Gasteiger partial charge on any atom is 0.305 e. The van der Waals surface area contributed by atoms with Crippen LogP contribution in [-0.2, 0) is 9.59 Å². The molecule has 0 radical (unpaired) electrons. The molecular formula is C16H18N2O3. The highest BCUT2D eigenvalue weighted by Gasteiger charge is 2.18. The van der Waals surface area contributed by atoms with E-state index in [2.05, 4.69) is 5.32 Å². The van der Waals surface area contributed by atoms with Crippen molar-refractivity contribution in [1.82, 2.24) is 5.32 Å². The highest BCUT2D eigenvalue weighted by atomic mass is 16.4. The minimum Gasteiger partial charge on any atom is -0.481 e. The van der Waals surface area contributed by atoms with Crippen molar-refractivity contribution in [3.05, 3.63) is 41.5 Å². The van der Waals surface area contributed by atoms with Crippen LogP contribution in [-0.4, -0.2) is 23.0 Å². The molecule has 1 aromatic rings. The van der Waals surface area contributed by atoms with Gasteiger partial charge in [-0.3, -0.25) is 9.59 Å². The average molecular weight is 286 g/mol. The molecule has 0 spiro atoms. The first kappa shape index (κ1) is 16.4. The summed E-state index contributed by atoms with van der Waals surface area (Å²) in [5.41, 5.74) is 1.35. The summed E-state index contributed by atoms with van der Waals surface area (Å²) in [6.07, 6.45) is 2.88. The molecule has 21 heavy (non-hydrogen) atoms. The minimum atomic E-state index is -0.940. The fourth-order valence-electron chi connectivity index (χ4n) is 1.71. The lowest BCUT2D eigenvalue weighted by molar-refractivity contribution is -0.138. The second-order valence-electron chi connectivity index (χ2n) is 5.02. The lowest BCUT2D eigenvalue weighted by atomic mass is 10.0. The second-order valence-corrected chi connectivity index (χ2v) is 5.02. The largest absolute Gasteiger partial charge is 0.481 e. The third-order valence-corrected chi connectivity index (χ3v) is 2.99. The van der Waals surface area contributed by atoms with Gasteiger partial charge in [0.05, 0.1) is 18.1 Å². The monoisotopic (exact) mass is 286 g/mol. The fraction of sp³-hybridized carbons (Fsp3) is 0.312. The first-order chi connectivity index (χ1) is 9.92. The van der Waals surface area contributed by atoms with Crippen LogP contribution in [0, 0.1) is 17.2 Å². The van der Waals surface area contributed by atoms with Crippen molar-refractivity contribution in [3.63, 3.8) is 0 Å². The summed E-state index contributed by atoms with van der Waals surface area (Å²) in [6.45, 7) is 3.72. The number of nitrogens with one attached hydrogen (secondary N) is 1. The Labute approximate surface area is 123 Å². The van der Waals surface area contributed by atoms with Gasteiger partial charge in [0.1, 0.15) is 0 Å². The Balaban J connectivity index is 2.64. The Morgan fingerprint density at radius 3 is 2.43 bits per heavy atom. The van der Waals surface area contributed by atoms with Gasteiger partial charge in [-0.05, 0) is 29.7 Å². The number of hydrogen-bond acceptors (Lipinski definition) is 3. The van der Waals surface area contributed by atoms with Gasteiger partial charge in [-0.1, -0.05) is 26.0 Å². The van der Waals surface area contributed by atoms with Crippen LogP contribution >= 0.6 is 0 Å². The molecule has 0 saturated heterocycles. The topological polar surface area (TPSA) is 90.2 Å². The zero-order chi connectivity index (χ0) is 15.8. The van der Waals surface area contributed by atoms with E-state index in [1.165, 1.54) is 6.08 Å². The van der Waals surface area contributed by atoms with E-state index in [0.29, 0.717) is 5.56 Å². The Bertz CT molecular complexity index is 568. The van der Waals surface area contributed by atoms with Crippen molar-refractivity contribution in [2.75, 3.05) is 0 Å². The molecule has 2 N–H and O–H groups in total. The van der Waals surface area contributed by atoms with Crippen LogP contribution in [0.1, 0.15) is 31.4 Å². The molecule has 1 aromatic carbocycles. The summed E-state index contributed by atoms with van der Waals surface area (Å²) in [4.78, 5) is 22.5. The van der Waals surface area contributed by atoms with Crippen molar-refractivity contribution in [1.29, 1.82) is 5.26 Å². The number of benzene rings is 1. The summed E-state index contributed by atoms with van der Waals surface area (Å²) in [5, 5.41) is 20.2. The van der Waals surface area contributed by atoms with Crippen LogP contribution in [0.25, 0.3) is 6.08 Å². The number of nitrogens with zero attached hydrogens (tertiary/aromatic N) is 1. The zero-order valence-corrected chi connectivity index (χ0v) is 12.0. The molecule has 1 rings (SSSR count). The predicted molar refractivity (Wildman–Crippen MR) is 79.2 cm³/mol. The number of aliphatic carboxylic acids is 1. The summed E-state index contributed by atoms with van der Waals surface area (Å²) >= 11 is 0. The third kappa shape index (κ3) is 5.91. The molecule has 110 valence electrons. The van der Waals surface area contributed by atoms with Gasteiger partial charge in [-0.15, -0.1) is 0 Å². The van der Waals surface area contributed by atoms with Crippen LogP contribution in [0.5, 0.6) is 0 Å². The molecule has 5 nitrogen and oxygen atoms in total. The van der Waals surface area contributed by atoms with Crippen molar-refractivity contribution < 1.29 is 14.7 Å². The van der Waals surface area contributed by atoms with Crippen LogP contribution in [0.2, 0.25) is 0 Å². The summed E-state index contributed by atoms with van der Waals surface area (Å²) in [7, 11) is 0. The van der Waals surface area contributed by atoms with E-state index in [0.717, 1.165) is 5.56 Å². The van der Waals surface area contributed by atoms with Gasteiger partial charge in [0, 0.05) is 12.1 Å². The quantitative estimate of drug-likeness (QED) is 0.784. The molecule has 0 fully saturated rings. The van der Waals surface area contributed by atoms with E-state index in [-0.39, 0.29) is 18.2 Å². The molecule has 5 heteroatoms. The number of carboxylic acid groups (broad SMARTS) is 1. The predicted octanol–water partition coefficient (Wildman–Crippen LogP) is 2.19. The van der Waals surface area contributed by atoms with E-state index in [1.807, 2.05) is 19.9 Å². The number of carboxylic acids is 1. The summed E-state index contributed by atoms with van der Waals surface area (Å²) in [5.74, 6) is -1.24. The third-order valence-electron chi connectivity index (χ3n) is 2.99. The molecule has 0 aliphatic carbocycles. The molecule has 0 aliphatic heterocycles. The molecule has 0 aliphatic rings. The smallest absolute Gasteiger partial charge is 0.305 e. The maximum absolute atomic E-state index is 11.8. The Kier molecular flexibility index (Phi) is 6.15. The van der Waals surface area contributed by atoms with Crippen molar-refractivity contribution >= 4 is 18.0 Å². The zero-order valence-electron chi connectivity index (χ0n) is 12.0. The molecular weight excluding hydrogens is 268 g/mol. The highest BCUT2D eigenvalue weighted by molar-refractivity contribution is 5.92. The first-order valence-corrected chi connectivity index (χ1v) is 6.63. The van der Waals surface area contributed by atoms with E-state index >= 15 is 0 Å². The Morgan fingerprint density at radius 1 is 1.33 bits per heavy atom. The standard InChI is InChI=1S/C16H18N2O3/c1-11(2)14(9-16(20)21)18-15(19)8-7-12-3-5-13(10-17)6-4-12/h3-8,11,14H,9H2,1-2H3,(H,18,19)(H,20,21)/b8-7+. The van der Waals surface area contributed by atoms with Crippen molar-refractivity contribution in [2.24, 2.45) is 5.92 Å². The normalized spacial score (nSPS) is 12.1. The SMILES string of the molecule is CC(C)C(CC(=O)O)NC(=O)/C=C/c1ccc(C#N)cc1. The van der Waals surface area contributed by atoms with E-state index in [1.54, 1.807) is 30.3 Å². The maximum atomic E-state index is 11.8. The van der Waals surface area contributed by atoms with Crippen LogP contribution in [0.15, 0.2) is 30.3 Å². The Morgan fingerprint density at radius 2 is 1.95 bits per heavy atom. The number of carbonyl (C=O) groups is 2. The van der Waals surface area contributed by atoms with E-state index in [4.69, 9.17) is 10.4 Å². The number of nitriles is 1. The highest BCUT2D eigenvalue weighted by Crippen LogP contribution is 2.07. The number of amides is 1. The lowest BCUT2D eigenvalue weighted by Gasteiger charge is -2.19. The number of rotatable bonds is 6. The van der Waals surface area contributed by atoms with Crippen LogP contribution in [0.4, 0.5) is 0 Å². The molecule has 0 aromatic heterocycles. The van der Waals surface area contributed by atoms with Gasteiger partial charge < -0.3 is 10.4 Å². The van der Waals surface area contributed by atoms with Crippen LogP contribution < -0.4 is 5.32 Å². The van der Waals surface area contributed by atoms with E-state index < -0.39 is 12.0 Å². The molecule has 1 atom stereocenters. The van der Waals surface area contributed by atoms with Crippen molar-refractivity contribution in [2.45, 2.75) is 26.3 Å². The Hall–Kier alpha value is -2.61. The molecule has 0 saturated carbocycles. The van der Waals surface area contributed by atoms with Gasteiger partial charge >= 0.3 is 5.97 Å². The van der Waals surface area contributed by atoms with Gasteiger partial charge in [-0.25, -0.2) is 0 Å². The molecule has 1 amide bonds. The molecule has 1 unspecified atom stereocenters. The summed E-state index contributed by atoms with van der Waals surface area (Å²) in [6, 6.07) is 8.42. The molecule has 0 bridgehead atoms. The van der Waals surface area contributed by atoms with Gasteiger partial charge in [-0.2, -0.15) is 5.26 Å². The van der Waals surface area contributed by atoms with Gasteiger partial charge in [0.2, 0.25) is 5.91 Å².